The number of hydrogen-bond acceptors (Lipinski definition) is 4. The molecule has 0 aliphatic carbocycles. The molecule has 110 valence electrons. The summed E-state index contributed by atoms with van der Waals surface area (Å²) in [5, 5.41) is 22.6. The maximum Gasteiger partial charge on any atom is 0.268 e. The second kappa shape index (κ2) is 6.80. The summed E-state index contributed by atoms with van der Waals surface area (Å²) >= 11 is 0. The Kier molecular flexibility index (Phi) is 4.83. The average molecular weight is 285 g/mol. The van der Waals surface area contributed by atoms with Crippen LogP contribution in [0.1, 0.15) is 24.8 Å². The minimum atomic E-state index is -0.388. The number of nitrogens with one attached hydrogen (secondary N) is 1. The van der Waals surface area contributed by atoms with Crippen molar-refractivity contribution in [3.8, 4) is 6.07 Å². The third kappa shape index (κ3) is 3.16. The molecule has 2 rings (SSSR count). The maximum atomic E-state index is 12.4. The van der Waals surface area contributed by atoms with E-state index in [1.165, 1.54) is 0 Å². The number of likely N-dealkylation sites (tertiary alicyclic amines) is 1. The quantitative estimate of drug-likeness (QED) is 0.508. The van der Waals surface area contributed by atoms with E-state index in [0.29, 0.717) is 24.3 Å². The molecule has 5 heteroatoms. The molecule has 1 amide bonds. The predicted octanol–water partition coefficient (Wildman–Crippen LogP) is 2.53. The minimum Gasteiger partial charge on any atom is -0.506 e. The molecule has 1 aliphatic heterocycles. The highest BCUT2D eigenvalue weighted by Crippen LogP contribution is 2.25. The molecule has 0 radical (unpaired) electrons. The van der Waals surface area contributed by atoms with Crippen LogP contribution in [0.25, 0.3) is 5.76 Å². The van der Waals surface area contributed by atoms with Gasteiger partial charge in [0.15, 0.2) is 5.57 Å². The van der Waals surface area contributed by atoms with Gasteiger partial charge in [0.05, 0.1) is 0 Å². The van der Waals surface area contributed by atoms with E-state index in [4.69, 9.17) is 0 Å². The number of piperidine rings is 1. The summed E-state index contributed by atoms with van der Waals surface area (Å²) in [6.45, 7) is 1.29. The molecule has 2 N–H and O–H groups in total. The van der Waals surface area contributed by atoms with Crippen molar-refractivity contribution in [3.63, 3.8) is 0 Å². The van der Waals surface area contributed by atoms with Crippen LogP contribution in [0.4, 0.5) is 5.69 Å². The maximum absolute atomic E-state index is 12.4. The summed E-state index contributed by atoms with van der Waals surface area (Å²) in [4.78, 5) is 14.0. The Bertz CT molecular complexity index is 596. The first-order chi connectivity index (χ1) is 10.2. The van der Waals surface area contributed by atoms with Crippen molar-refractivity contribution in [1.29, 1.82) is 5.26 Å². The number of carbonyl (C=O) groups is 1. The van der Waals surface area contributed by atoms with Crippen molar-refractivity contribution >= 4 is 17.4 Å². The summed E-state index contributed by atoms with van der Waals surface area (Å²) in [6.07, 6.45) is 2.99. The van der Waals surface area contributed by atoms with Crippen LogP contribution in [-0.2, 0) is 4.79 Å². The summed E-state index contributed by atoms with van der Waals surface area (Å²) in [5.74, 6) is -0.654. The Morgan fingerprint density at radius 2 is 1.95 bits per heavy atom. The van der Waals surface area contributed by atoms with Gasteiger partial charge in [0, 0.05) is 31.4 Å². The lowest BCUT2D eigenvalue weighted by Crippen LogP contribution is -2.36. The standard InChI is InChI=1S/C16H19N3O2/c1-18-14-8-4-3-7-12(14)15(20)13(11-17)16(21)19-9-5-2-6-10-19/h3-4,7-8,18,20H,2,5-6,9-10H2,1H3/b15-13-. The zero-order chi connectivity index (χ0) is 15.2. The molecule has 0 aromatic heterocycles. The van der Waals surface area contributed by atoms with Crippen molar-refractivity contribution in [2.75, 3.05) is 25.5 Å². The fourth-order valence-corrected chi connectivity index (χ4v) is 2.50. The van der Waals surface area contributed by atoms with E-state index in [-0.39, 0.29) is 17.2 Å². The topological polar surface area (TPSA) is 76.4 Å². The molecule has 0 unspecified atom stereocenters. The molecule has 0 saturated carbocycles. The third-order valence-electron chi connectivity index (χ3n) is 3.66. The van der Waals surface area contributed by atoms with Crippen molar-refractivity contribution in [2.45, 2.75) is 19.3 Å². The number of aliphatic hydroxyl groups excluding tert-OH is 1. The van der Waals surface area contributed by atoms with Crippen molar-refractivity contribution < 1.29 is 9.90 Å². The summed E-state index contributed by atoms with van der Waals surface area (Å²) in [6, 6.07) is 8.90. The zero-order valence-electron chi connectivity index (χ0n) is 12.1. The summed E-state index contributed by atoms with van der Waals surface area (Å²) in [7, 11) is 1.73. The molecule has 1 aliphatic rings. The number of nitrogens with zero attached hydrogens (tertiary/aromatic N) is 2. The third-order valence-corrected chi connectivity index (χ3v) is 3.66. The Morgan fingerprint density at radius 3 is 2.57 bits per heavy atom. The van der Waals surface area contributed by atoms with Gasteiger partial charge in [-0.25, -0.2) is 0 Å². The molecule has 1 aromatic carbocycles. The molecule has 0 spiro atoms. The lowest BCUT2D eigenvalue weighted by Gasteiger charge is -2.26. The van der Waals surface area contributed by atoms with Crippen LogP contribution in [0.5, 0.6) is 0 Å². The molecule has 21 heavy (non-hydrogen) atoms. The van der Waals surface area contributed by atoms with Gasteiger partial charge in [0.1, 0.15) is 11.8 Å². The SMILES string of the molecule is CNc1ccccc1/C(O)=C(\C#N)C(=O)N1CCCCC1. The Hall–Kier alpha value is -2.48. The first-order valence-corrected chi connectivity index (χ1v) is 7.08. The van der Waals surface area contributed by atoms with Gasteiger partial charge in [0.2, 0.25) is 0 Å². The van der Waals surface area contributed by atoms with E-state index in [2.05, 4.69) is 5.32 Å². The molecule has 1 aromatic rings. The van der Waals surface area contributed by atoms with Gasteiger partial charge >= 0.3 is 0 Å². The molecule has 0 bridgehead atoms. The first kappa shape index (κ1) is 14.9. The summed E-state index contributed by atoms with van der Waals surface area (Å²) in [5.41, 5.74) is 0.940. The fourth-order valence-electron chi connectivity index (χ4n) is 2.50. The van der Waals surface area contributed by atoms with Crippen LogP contribution in [0, 0.1) is 11.3 Å². The molecule has 1 fully saturated rings. The lowest BCUT2D eigenvalue weighted by molar-refractivity contribution is -0.127. The van der Waals surface area contributed by atoms with Crippen molar-refractivity contribution in [3.05, 3.63) is 35.4 Å². The highest BCUT2D eigenvalue weighted by molar-refractivity contribution is 6.04. The summed E-state index contributed by atoms with van der Waals surface area (Å²) < 4.78 is 0. The van der Waals surface area contributed by atoms with Crippen LogP contribution in [0.2, 0.25) is 0 Å². The fraction of sp³-hybridized carbons (Fsp3) is 0.375. The van der Waals surface area contributed by atoms with E-state index in [1.807, 2.05) is 12.1 Å². The minimum absolute atomic E-state index is 0.195. The van der Waals surface area contributed by atoms with E-state index >= 15 is 0 Å². The Morgan fingerprint density at radius 1 is 1.29 bits per heavy atom. The number of anilines is 1. The lowest BCUT2D eigenvalue weighted by atomic mass is 10.0. The van der Waals surface area contributed by atoms with Crippen LogP contribution in [0.3, 0.4) is 0 Å². The Labute approximate surface area is 124 Å². The molecule has 1 heterocycles. The number of hydrogen-bond donors (Lipinski definition) is 2. The molecular formula is C16H19N3O2. The number of rotatable bonds is 3. The highest BCUT2D eigenvalue weighted by Gasteiger charge is 2.24. The second-order valence-corrected chi connectivity index (χ2v) is 4.98. The number of para-hydroxylation sites is 1. The van der Waals surface area contributed by atoms with Crippen molar-refractivity contribution in [2.24, 2.45) is 0 Å². The normalized spacial score (nSPS) is 15.9. The Balaban J connectivity index is 2.37. The van der Waals surface area contributed by atoms with Crippen LogP contribution in [0.15, 0.2) is 29.8 Å². The first-order valence-electron chi connectivity index (χ1n) is 7.08. The van der Waals surface area contributed by atoms with Gasteiger partial charge in [-0.05, 0) is 31.4 Å². The number of amides is 1. The number of benzene rings is 1. The predicted molar refractivity (Wildman–Crippen MR) is 81.6 cm³/mol. The average Bonchev–Trinajstić information content (AvgIpc) is 2.56. The number of aliphatic hydroxyl groups is 1. The smallest absolute Gasteiger partial charge is 0.268 e. The largest absolute Gasteiger partial charge is 0.506 e. The van der Waals surface area contributed by atoms with Gasteiger partial charge in [-0.3, -0.25) is 4.79 Å². The molecule has 0 atom stereocenters. The molecule has 1 saturated heterocycles. The van der Waals surface area contributed by atoms with Crippen LogP contribution >= 0.6 is 0 Å². The van der Waals surface area contributed by atoms with Gasteiger partial charge in [-0.1, -0.05) is 12.1 Å². The number of nitriles is 1. The van der Waals surface area contributed by atoms with Crippen molar-refractivity contribution in [1.82, 2.24) is 4.90 Å². The van der Waals surface area contributed by atoms with Gasteiger partial charge in [-0.15, -0.1) is 0 Å². The van der Waals surface area contributed by atoms with Crippen LogP contribution in [-0.4, -0.2) is 36.1 Å². The van der Waals surface area contributed by atoms with E-state index in [9.17, 15) is 15.2 Å². The molecule has 5 nitrogen and oxygen atoms in total. The van der Waals surface area contributed by atoms with E-state index in [0.717, 1.165) is 19.3 Å². The molecular weight excluding hydrogens is 266 g/mol. The van der Waals surface area contributed by atoms with E-state index in [1.54, 1.807) is 30.1 Å². The van der Waals surface area contributed by atoms with E-state index < -0.39 is 0 Å². The van der Waals surface area contributed by atoms with Gasteiger partial charge in [0.25, 0.3) is 5.91 Å². The monoisotopic (exact) mass is 285 g/mol. The van der Waals surface area contributed by atoms with Crippen LogP contribution < -0.4 is 5.32 Å². The highest BCUT2D eigenvalue weighted by atomic mass is 16.3. The second-order valence-electron chi connectivity index (χ2n) is 4.98. The zero-order valence-corrected chi connectivity index (χ0v) is 12.1. The van der Waals surface area contributed by atoms with Gasteiger partial charge < -0.3 is 15.3 Å². The number of carbonyl (C=O) groups excluding carboxylic acids is 1. The van der Waals surface area contributed by atoms with Gasteiger partial charge in [-0.2, -0.15) is 5.26 Å².